The number of nitrogens with two attached hydrogens (primary N) is 1. The first-order chi connectivity index (χ1) is 10.7. The van der Waals surface area contributed by atoms with Gasteiger partial charge >= 0.3 is 0 Å². The van der Waals surface area contributed by atoms with E-state index in [0.29, 0.717) is 13.0 Å². The highest BCUT2D eigenvalue weighted by molar-refractivity contribution is 5.90. The lowest BCUT2D eigenvalue weighted by Crippen LogP contribution is -2.20. The predicted octanol–water partition coefficient (Wildman–Crippen LogP) is 3.00. The van der Waals surface area contributed by atoms with Crippen LogP contribution in [0.15, 0.2) is 54.6 Å². The molecule has 2 rings (SSSR count). The highest BCUT2D eigenvalue weighted by atomic mass is 16.1. The van der Waals surface area contributed by atoms with Crippen LogP contribution in [0.2, 0.25) is 0 Å². The molecule has 3 N–H and O–H groups in total. The van der Waals surface area contributed by atoms with Gasteiger partial charge in [0.15, 0.2) is 0 Å². The summed E-state index contributed by atoms with van der Waals surface area (Å²) in [6, 6.07) is 17.8. The first kappa shape index (κ1) is 16.0. The summed E-state index contributed by atoms with van der Waals surface area (Å²) in [5, 5.41) is 2.92. The van der Waals surface area contributed by atoms with E-state index in [-0.39, 0.29) is 5.91 Å². The Morgan fingerprint density at radius 1 is 1.14 bits per heavy atom. The number of carbonyl (C=O) groups excluding carboxylic acids is 1. The third-order valence-electron chi connectivity index (χ3n) is 3.54. The zero-order valence-corrected chi connectivity index (χ0v) is 13.0. The maximum Gasteiger partial charge on any atom is 0.224 e. The molecule has 0 radical (unpaired) electrons. The van der Waals surface area contributed by atoms with E-state index >= 15 is 0 Å². The fourth-order valence-corrected chi connectivity index (χ4v) is 2.29. The Balaban J connectivity index is 1.76. The lowest BCUT2D eigenvalue weighted by Gasteiger charge is -2.18. The summed E-state index contributed by atoms with van der Waals surface area (Å²) in [6.45, 7) is 1.33. The van der Waals surface area contributed by atoms with Crippen LogP contribution in [0.4, 0.5) is 11.4 Å². The molecule has 0 aliphatic carbocycles. The first-order valence-corrected chi connectivity index (χ1v) is 7.54. The Labute approximate surface area is 131 Å². The minimum absolute atomic E-state index is 0.0376. The number of hydrogen-bond acceptors (Lipinski definition) is 3. The van der Waals surface area contributed by atoms with E-state index in [1.807, 2.05) is 49.5 Å². The summed E-state index contributed by atoms with van der Waals surface area (Å²) in [4.78, 5) is 14.1. The van der Waals surface area contributed by atoms with Crippen LogP contribution in [-0.4, -0.2) is 19.5 Å². The molecule has 0 aliphatic heterocycles. The molecule has 0 spiro atoms. The Morgan fingerprint density at radius 3 is 2.64 bits per heavy atom. The first-order valence-electron chi connectivity index (χ1n) is 7.54. The van der Waals surface area contributed by atoms with E-state index < -0.39 is 0 Å². The fourth-order valence-electron chi connectivity index (χ4n) is 2.29. The van der Waals surface area contributed by atoms with Crippen molar-refractivity contribution in [1.29, 1.82) is 0 Å². The fraction of sp³-hybridized carbons (Fsp3) is 0.278. The zero-order valence-electron chi connectivity index (χ0n) is 13.0. The quantitative estimate of drug-likeness (QED) is 0.826. The molecule has 0 heterocycles. The number of para-hydroxylation sites is 1. The lowest BCUT2D eigenvalue weighted by molar-refractivity contribution is -0.116. The number of nitrogens with one attached hydrogen (secondary N) is 1. The predicted molar refractivity (Wildman–Crippen MR) is 91.9 cm³/mol. The van der Waals surface area contributed by atoms with Gasteiger partial charge in [0.1, 0.15) is 0 Å². The molecule has 0 aromatic heterocycles. The van der Waals surface area contributed by atoms with Crippen LogP contribution in [0.5, 0.6) is 0 Å². The second-order valence-electron chi connectivity index (χ2n) is 5.31. The number of hydrogen-bond donors (Lipinski definition) is 2. The molecular weight excluding hydrogens is 274 g/mol. The van der Waals surface area contributed by atoms with Gasteiger partial charge < -0.3 is 16.0 Å². The van der Waals surface area contributed by atoms with Gasteiger partial charge in [-0.3, -0.25) is 4.79 Å². The SMILES string of the molecule is CN(CCCC(=O)Nc1cccc(CN)c1)c1ccccc1. The zero-order chi connectivity index (χ0) is 15.8. The molecular formula is C18H23N3O. The van der Waals surface area contributed by atoms with Crippen LogP contribution >= 0.6 is 0 Å². The maximum atomic E-state index is 12.0. The molecule has 22 heavy (non-hydrogen) atoms. The Morgan fingerprint density at radius 2 is 1.91 bits per heavy atom. The molecule has 0 bridgehead atoms. The highest BCUT2D eigenvalue weighted by Crippen LogP contribution is 2.13. The molecule has 0 saturated carbocycles. The van der Waals surface area contributed by atoms with Crippen molar-refractivity contribution in [2.45, 2.75) is 19.4 Å². The number of rotatable bonds is 7. The third kappa shape index (κ3) is 4.90. The van der Waals surface area contributed by atoms with Crippen LogP contribution < -0.4 is 16.0 Å². The smallest absolute Gasteiger partial charge is 0.224 e. The van der Waals surface area contributed by atoms with E-state index in [2.05, 4.69) is 22.3 Å². The van der Waals surface area contributed by atoms with E-state index in [9.17, 15) is 4.79 Å². The number of benzene rings is 2. The molecule has 0 unspecified atom stereocenters. The van der Waals surface area contributed by atoms with Gasteiger partial charge in [0.25, 0.3) is 0 Å². The minimum atomic E-state index is 0.0376. The summed E-state index contributed by atoms with van der Waals surface area (Å²) in [5.74, 6) is 0.0376. The lowest BCUT2D eigenvalue weighted by atomic mass is 10.2. The van der Waals surface area contributed by atoms with Gasteiger partial charge in [-0.2, -0.15) is 0 Å². The van der Waals surface area contributed by atoms with E-state index in [4.69, 9.17) is 5.73 Å². The van der Waals surface area contributed by atoms with Crippen LogP contribution in [0.3, 0.4) is 0 Å². The standard InChI is InChI=1S/C18H23N3O/c1-21(17-9-3-2-4-10-17)12-6-11-18(22)20-16-8-5-7-15(13-16)14-19/h2-5,7-10,13H,6,11-12,14,19H2,1H3,(H,20,22). The van der Waals surface area contributed by atoms with Crippen molar-refractivity contribution in [3.8, 4) is 0 Å². The van der Waals surface area contributed by atoms with Crippen molar-refractivity contribution in [3.05, 3.63) is 60.2 Å². The van der Waals surface area contributed by atoms with Crippen molar-refractivity contribution in [3.63, 3.8) is 0 Å². The maximum absolute atomic E-state index is 12.0. The summed E-state index contributed by atoms with van der Waals surface area (Å²) in [7, 11) is 2.04. The summed E-state index contributed by atoms with van der Waals surface area (Å²) < 4.78 is 0. The molecule has 4 nitrogen and oxygen atoms in total. The number of nitrogens with zero attached hydrogens (tertiary/aromatic N) is 1. The second-order valence-corrected chi connectivity index (χ2v) is 5.31. The van der Waals surface area contributed by atoms with E-state index in [1.165, 1.54) is 5.69 Å². The van der Waals surface area contributed by atoms with Crippen molar-refractivity contribution >= 4 is 17.3 Å². The Kier molecular flexibility index (Phi) is 5.98. The topological polar surface area (TPSA) is 58.4 Å². The third-order valence-corrected chi connectivity index (χ3v) is 3.54. The van der Waals surface area contributed by atoms with Gasteiger partial charge in [-0.1, -0.05) is 30.3 Å². The highest BCUT2D eigenvalue weighted by Gasteiger charge is 2.05. The molecule has 116 valence electrons. The second kappa shape index (κ2) is 8.20. The number of anilines is 2. The van der Waals surface area contributed by atoms with Crippen molar-refractivity contribution < 1.29 is 4.79 Å². The monoisotopic (exact) mass is 297 g/mol. The average Bonchev–Trinajstić information content (AvgIpc) is 2.55. The number of carbonyl (C=O) groups is 1. The van der Waals surface area contributed by atoms with Crippen molar-refractivity contribution in [2.75, 3.05) is 23.8 Å². The normalized spacial score (nSPS) is 10.3. The molecule has 0 atom stereocenters. The number of amides is 1. The van der Waals surface area contributed by atoms with Crippen LogP contribution in [0, 0.1) is 0 Å². The summed E-state index contributed by atoms with van der Waals surface area (Å²) in [6.07, 6.45) is 1.32. The molecule has 2 aromatic carbocycles. The Hall–Kier alpha value is -2.33. The Bertz CT molecular complexity index is 598. The largest absolute Gasteiger partial charge is 0.375 e. The van der Waals surface area contributed by atoms with Gasteiger partial charge in [-0.15, -0.1) is 0 Å². The molecule has 4 heteroatoms. The van der Waals surface area contributed by atoms with Gasteiger partial charge in [-0.05, 0) is 36.2 Å². The van der Waals surface area contributed by atoms with Gasteiger partial charge in [0, 0.05) is 37.9 Å². The summed E-state index contributed by atoms with van der Waals surface area (Å²) >= 11 is 0. The summed E-state index contributed by atoms with van der Waals surface area (Å²) in [5.41, 5.74) is 8.59. The van der Waals surface area contributed by atoms with E-state index in [0.717, 1.165) is 24.2 Å². The van der Waals surface area contributed by atoms with Crippen LogP contribution in [0.1, 0.15) is 18.4 Å². The van der Waals surface area contributed by atoms with Crippen LogP contribution in [-0.2, 0) is 11.3 Å². The molecule has 2 aromatic rings. The van der Waals surface area contributed by atoms with Crippen molar-refractivity contribution in [2.24, 2.45) is 5.73 Å². The average molecular weight is 297 g/mol. The van der Waals surface area contributed by atoms with Crippen molar-refractivity contribution in [1.82, 2.24) is 0 Å². The molecule has 0 aliphatic rings. The van der Waals surface area contributed by atoms with Gasteiger partial charge in [0.05, 0.1) is 0 Å². The van der Waals surface area contributed by atoms with Gasteiger partial charge in [0.2, 0.25) is 5.91 Å². The minimum Gasteiger partial charge on any atom is -0.375 e. The molecule has 0 saturated heterocycles. The van der Waals surface area contributed by atoms with Gasteiger partial charge in [-0.25, -0.2) is 0 Å². The molecule has 0 fully saturated rings. The van der Waals surface area contributed by atoms with E-state index in [1.54, 1.807) is 0 Å². The van der Waals surface area contributed by atoms with Crippen LogP contribution in [0.25, 0.3) is 0 Å². The molecule has 1 amide bonds.